The monoisotopic (exact) mass is 1290 g/mol. The molecule has 0 N–H and O–H groups in total. The largest absolute Gasteiger partial charge is 2.00 e. The number of halogens is 4. The Morgan fingerprint density at radius 2 is 0.818 bits per heavy atom. The zero-order valence-electron chi connectivity index (χ0n) is 40.5. The second kappa shape index (κ2) is 21.9. The van der Waals surface area contributed by atoms with Gasteiger partial charge in [-0.3, -0.25) is 0 Å². The zero-order chi connectivity index (χ0) is 47.7. The number of benzene rings is 4. The molecule has 0 fully saturated rings. The molecule has 0 atom stereocenters. The molecule has 4 aromatic carbocycles. The molecule has 0 spiro atoms. The van der Waals surface area contributed by atoms with Crippen LogP contribution in [0.1, 0.15) is 143 Å². The van der Waals surface area contributed by atoms with E-state index in [2.05, 4.69) is 114 Å². The van der Waals surface area contributed by atoms with Crippen molar-refractivity contribution in [3.05, 3.63) is 120 Å². The van der Waals surface area contributed by atoms with Gasteiger partial charge in [-0.15, -0.1) is 0 Å². The number of nitrogens with zero attached hydrogens (tertiary/aromatic N) is 6. The molecule has 2 heterocycles. The maximum Gasteiger partial charge on any atom is 2.00 e. The van der Waals surface area contributed by atoms with E-state index >= 15 is 10.7 Å². The molecule has 0 aliphatic rings. The minimum atomic E-state index is -5.30. The molecule has 0 aliphatic carbocycles. The Balaban J connectivity index is 0.00000817. The van der Waals surface area contributed by atoms with Crippen LogP contribution in [0.15, 0.2) is 85.2 Å². The molecule has 0 unspecified atom stereocenters. The van der Waals surface area contributed by atoms with E-state index in [0.29, 0.717) is 11.4 Å². The van der Waals surface area contributed by atoms with Gasteiger partial charge in [-0.2, -0.15) is 0 Å². The van der Waals surface area contributed by atoms with E-state index in [1.807, 2.05) is 12.1 Å². The van der Waals surface area contributed by atoms with E-state index in [1.165, 1.54) is 5.78 Å². The van der Waals surface area contributed by atoms with Crippen LogP contribution in [-0.4, -0.2) is 76.9 Å². The Hall–Kier alpha value is -3.41. The van der Waals surface area contributed by atoms with Crippen LogP contribution >= 0.6 is 0 Å². The minimum absolute atomic E-state index is 0. The molecule has 14 heteroatoms. The first-order chi connectivity index (χ1) is 30.5. The zero-order valence-corrected chi connectivity index (χ0v) is 49.3. The van der Waals surface area contributed by atoms with E-state index in [0.717, 1.165) is 33.4 Å². The van der Waals surface area contributed by atoms with Crippen molar-refractivity contribution in [3.63, 3.8) is 0 Å². The molecule has 6 rings (SSSR count). The van der Waals surface area contributed by atoms with Gasteiger partial charge in [0.15, 0.2) is 0 Å². The number of hydrogen-bond donors (Lipinski definition) is 0. The summed E-state index contributed by atoms with van der Waals surface area (Å²) >= 11 is -10.6. The van der Waals surface area contributed by atoms with Gasteiger partial charge in [-0.05, 0) is 0 Å². The van der Waals surface area contributed by atoms with Crippen molar-refractivity contribution in [2.75, 3.05) is 5.78 Å². The van der Waals surface area contributed by atoms with E-state index in [-0.39, 0.29) is 90.4 Å². The van der Waals surface area contributed by atoms with Gasteiger partial charge < -0.3 is 0 Å². The number of aromatic nitrogens is 4. The molecular weight excluding hydrogens is 1230 g/mol. The van der Waals surface area contributed by atoms with Gasteiger partial charge in [0.05, 0.1) is 0 Å². The van der Waals surface area contributed by atoms with Gasteiger partial charge in [0, 0.05) is 0 Å². The third-order valence-electron chi connectivity index (χ3n) is 11.4. The van der Waals surface area contributed by atoms with E-state index < -0.39 is 56.9 Å². The third-order valence-corrected chi connectivity index (χ3v) is 19.6. The first-order valence-corrected chi connectivity index (χ1v) is 30.3. The molecule has 348 valence electrons. The fraction of sp³-hybridized carbons (Fsp3) is 0.385. The summed E-state index contributed by atoms with van der Waals surface area (Å²) in [5.41, 5.74) is 7.02. The van der Waals surface area contributed by atoms with Crippen LogP contribution in [0.3, 0.4) is 0 Å². The standard InChI is InChI=1S/C52H60N6O.4FH.2In.Pt/c1-31(2)37-17-15-18-38(32(3)4)47(37)45-25-27-53-49(55-45)41-29-35(21-23-43(41)57-51(9,10)11)59-36-22-24-44(58-52(12,13)14)42(30-36)50-54-28-26-46(56-50)48-39(33(5)6)19-16-20-40(48)34(7)8;;;;;;;/h15-28,31-34H,1-14H3;4*1H;;;/q-4;;;;;2*+3;+2/p-4. The van der Waals surface area contributed by atoms with Crippen LogP contribution in [0.25, 0.3) is 45.3 Å². The average molecular weight is 1290 g/mol. The van der Waals surface area contributed by atoms with Gasteiger partial charge >= 0.3 is 427 Å². The molecule has 0 amide bonds. The Labute approximate surface area is 423 Å². The SMILES string of the molecule is CC(C)c1cccc(C(C)C)c1-c1ccnc(-c2[c-]c(Oc3[c-]c(-c4nccc(-c5c(C(C)C)cccc5C(C)C)n4)c([N]([In]([F])[F])C(C)(C)C)cc3)ccc2[N]([In]([F])[F])C(C)(C)C)n1.[Pt+2]. The summed E-state index contributed by atoms with van der Waals surface area (Å²) in [6.07, 6.45) is 3.31. The maximum absolute atomic E-state index is 15.3. The number of anilines is 2. The Morgan fingerprint density at radius 1 is 0.500 bits per heavy atom. The van der Waals surface area contributed by atoms with Crippen molar-refractivity contribution in [1.29, 1.82) is 0 Å². The fourth-order valence-electron chi connectivity index (χ4n) is 8.36. The number of rotatable bonds is 14. The molecule has 66 heavy (non-hydrogen) atoms. The molecule has 6 aromatic rings. The summed E-state index contributed by atoms with van der Waals surface area (Å²) in [6, 6.07) is 29.2. The maximum atomic E-state index is 15.3. The van der Waals surface area contributed by atoms with Gasteiger partial charge in [0.25, 0.3) is 0 Å². The van der Waals surface area contributed by atoms with Crippen LogP contribution in [0.2, 0.25) is 0 Å². The molecule has 0 radical (unpaired) electrons. The minimum Gasteiger partial charge on any atom is 2.00 e. The van der Waals surface area contributed by atoms with E-state index in [1.54, 1.807) is 78.2 Å². The second-order valence-electron chi connectivity index (χ2n) is 19.7. The normalized spacial score (nSPS) is 11.9. The average Bonchev–Trinajstić information content (AvgIpc) is 3.22. The molecule has 0 aliphatic heterocycles. The van der Waals surface area contributed by atoms with Crippen LogP contribution in [-0.2, 0) is 21.1 Å². The van der Waals surface area contributed by atoms with Crippen LogP contribution in [0, 0.1) is 12.1 Å². The summed E-state index contributed by atoms with van der Waals surface area (Å²) in [4.78, 5) is 19.5. The van der Waals surface area contributed by atoms with E-state index in [4.69, 9.17) is 14.7 Å². The summed E-state index contributed by atoms with van der Waals surface area (Å²) < 4.78 is 70.3. The molecule has 7 nitrogen and oxygen atoms in total. The van der Waals surface area contributed by atoms with Crippen molar-refractivity contribution in [1.82, 2.24) is 19.9 Å². The van der Waals surface area contributed by atoms with Crippen molar-refractivity contribution < 1.29 is 36.5 Å². The Bertz CT molecular complexity index is 2400. The smallest absolute Gasteiger partial charge is 2.00 e. The van der Waals surface area contributed by atoms with E-state index in [9.17, 15) is 0 Å². The third kappa shape index (κ3) is 11.9. The Morgan fingerprint density at radius 3 is 1.09 bits per heavy atom. The molecule has 0 saturated heterocycles. The summed E-state index contributed by atoms with van der Waals surface area (Å²) in [7, 11) is 0. The van der Waals surface area contributed by atoms with Crippen molar-refractivity contribution >= 4 is 57.2 Å². The van der Waals surface area contributed by atoms with Crippen LogP contribution < -0.4 is 10.5 Å². The van der Waals surface area contributed by atoms with Crippen LogP contribution in [0.5, 0.6) is 11.5 Å². The van der Waals surface area contributed by atoms with Gasteiger partial charge in [0.1, 0.15) is 0 Å². The summed E-state index contributed by atoms with van der Waals surface area (Å²) in [5, 5.41) is 0. The van der Waals surface area contributed by atoms with Gasteiger partial charge in [-0.1, -0.05) is 0 Å². The van der Waals surface area contributed by atoms with Gasteiger partial charge in [-0.25, -0.2) is 0 Å². The summed E-state index contributed by atoms with van der Waals surface area (Å²) in [5.74, 6) is 1.57. The molecule has 2 aromatic heterocycles. The fourth-order valence-corrected chi connectivity index (χ4v) is 14.1. The van der Waals surface area contributed by atoms with Crippen molar-refractivity contribution in [2.45, 2.75) is 132 Å². The first-order valence-electron chi connectivity index (χ1n) is 22.4. The van der Waals surface area contributed by atoms with Crippen LogP contribution in [0.4, 0.5) is 22.0 Å². The predicted molar refractivity (Wildman–Crippen MR) is 260 cm³/mol. The molecular formula is C52H60F4In2N6OPt. The molecule has 0 saturated carbocycles. The Kier molecular flexibility index (Phi) is 17.8. The van der Waals surface area contributed by atoms with Gasteiger partial charge in [0.2, 0.25) is 0 Å². The summed E-state index contributed by atoms with van der Waals surface area (Å²) in [6.45, 7) is 27.7. The number of ether oxygens (including phenoxy) is 1. The first kappa shape index (κ1) is 53.5. The predicted octanol–water partition coefficient (Wildman–Crippen LogP) is 14.9. The molecule has 0 bridgehead atoms. The number of hydrogen-bond acceptors (Lipinski definition) is 7. The topological polar surface area (TPSA) is 67.3 Å². The van der Waals surface area contributed by atoms with Crippen molar-refractivity contribution in [3.8, 4) is 56.8 Å². The second-order valence-corrected chi connectivity index (χ2v) is 25.8. The quantitative estimate of drug-likeness (QED) is 0.0795. The van der Waals surface area contributed by atoms with Crippen molar-refractivity contribution in [2.24, 2.45) is 0 Å².